The molecule has 3 fully saturated rings. The van der Waals surface area contributed by atoms with Crippen molar-refractivity contribution in [3.63, 3.8) is 0 Å². The minimum absolute atomic E-state index is 0.670. The summed E-state index contributed by atoms with van der Waals surface area (Å²) in [6, 6.07) is 2.86. The summed E-state index contributed by atoms with van der Waals surface area (Å²) in [5, 5.41) is 8.43. The second-order valence-electron chi connectivity index (χ2n) is 7.31. The van der Waals surface area contributed by atoms with Gasteiger partial charge in [0, 0.05) is 25.7 Å². The Labute approximate surface area is 122 Å². The highest BCUT2D eigenvalue weighted by atomic mass is 15.2. The molecule has 5 unspecified atom stereocenters. The molecule has 3 heteroatoms. The molecule has 3 nitrogen and oxygen atoms in total. The monoisotopic (exact) mass is 273 g/mol. The van der Waals surface area contributed by atoms with E-state index in [1.807, 2.05) is 11.7 Å². The second-order valence-corrected chi connectivity index (χ2v) is 7.31. The number of nitrogens with zero attached hydrogens (tertiary/aromatic N) is 2. The lowest BCUT2D eigenvalue weighted by molar-refractivity contribution is 0.359. The van der Waals surface area contributed by atoms with Gasteiger partial charge in [0.2, 0.25) is 0 Å². The van der Waals surface area contributed by atoms with Gasteiger partial charge in [0.1, 0.15) is 0 Å². The number of rotatable bonds is 6. The van der Waals surface area contributed by atoms with E-state index in [9.17, 15) is 0 Å². The van der Waals surface area contributed by atoms with E-state index in [1.54, 1.807) is 6.42 Å². The van der Waals surface area contributed by atoms with Crippen molar-refractivity contribution in [2.24, 2.45) is 36.6 Å². The lowest BCUT2D eigenvalue weighted by Crippen LogP contribution is -2.36. The van der Waals surface area contributed by atoms with Crippen LogP contribution in [0.1, 0.15) is 38.3 Å². The molecule has 2 bridgehead atoms. The van der Waals surface area contributed by atoms with Gasteiger partial charge in [-0.15, -0.1) is 0 Å². The summed E-state index contributed by atoms with van der Waals surface area (Å²) in [6.07, 6.45) is 9.02. The molecule has 0 radical (unpaired) electrons. The Morgan fingerprint density at radius 2 is 2.10 bits per heavy atom. The van der Waals surface area contributed by atoms with Crippen LogP contribution in [0.25, 0.3) is 0 Å². The van der Waals surface area contributed by atoms with Crippen molar-refractivity contribution >= 4 is 0 Å². The van der Waals surface area contributed by atoms with Gasteiger partial charge in [-0.2, -0.15) is 5.10 Å². The van der Waals surface area contributed by atoms with Crippen molar-refractivity contribution in [1.29, 1.82) is 0 Å². The highest BCUT2D eigenvalue weighted by Crippen LogP contribution is 2.70. The first-order chi connectivity index (χ1) is 9.78. The Morgan fingerprint density at radius 3 is 2.70 bits per heavy atom. The van der Waals surface area contributed by atoms with Crippen LogP contribution >= 0.6 is 0 Å². The Kier molecular flexibility index (Phi) is 3.13. The predicted molar refractivity (Wildman–Crippen MR) is 80.3 cm³/mol. The van der Waals surface area contributed by atoms with Gasteiger partial charge in [0.15, 0.2) is 0 Å². The number of fused-ring (bicyclic) bond motifs is 5. The standard InChI is InChI=1S/C17H27N3/c1-3-7-18-14(10-13-6-8-20(2)19-13)17-15-11-4-5-12(9-11)16(15)17/h6,8,11-12,14-18H,3-5,7,9-10H2,1-2H3. The van der Waals surface area contributed by atoms with E-state index in [0.29, 0.717) is 6.04 Å². The van der Waals surface area contributed by atoms with Crippen LogP contribution in [0.3, 0.4) is 0 Å². The molecule has 3 aliphatic rings. The zero-order chi connectivity index (χ0) is 13.7. The van der Waals surface area contributed by atoms with Gasteiger partial charge in [-0.25, -0.2) is 0 Å². The molecule has 0 amide bonds. The first-order valence-electron chi connectivity index (χ1n) is 8.50. The van der Waals surface area contributed by atoms with Crippen molar-refractivity contribution < 1.29 is 0 Å². The Bertz CT molecular complexity index is 464. The Hall–Kier alpha value is -0.830. The van der Waals surface area contributed by atoms with Gasteiger partial charge in [-0.05, 0) is 67.9 Å². The van der Waals surface area contributed by atoms with Crippen LogP contribution < -0.4 is 5.32 Å². The Morgan fingerprint density at radius 1 is 1.35 bits per heavy atom. The molecule has 1 aromatic rings. The third kappa shape index (κ3) is 2.02. The van der Waals surface area contributed by atoms with Gasteiger partial charge < -0.3 is 5.32 Å². The summed E-state index contributed by atoms with van der Waals surface area (Å²) in [4.78, 5) is 0. The summed E-state index contributed by atoms with van der Waals surface area (Å²) in [6.45, 7) is 3.42. The zero-order valence-corrected chi connectivity index (χ0v) is 12.8. The summed E-state index contributed by atoms with van der Waals surface area (Å²) in [5.74, 6) is 5.22. The molecule has 5 atom stereocenters. The first-order valence-corrected chi connectivity index (χ1v) is 8.50. The molecule has 0 saturated heterocycles. The van der Waals surface area contributed by atoms with Crippen molar-refractivity contribution in [2.45, 2.75) is 45.1 Å². The van der Waals surface area contributed by atoms with Gasteiger partial charge >= 0.3 is 0 Å². The summed E-state index contributed by atoms with van der Waals surface area (Å²) >= 11 is 0. The molecule has 20 heavy (non-hydrogen) atoms. The van der Waals surface area contributed by atoms with Crippen LogP contribution in [0, 0.1) is 29.6 Å². The fraction of sp³-hybridized carbons (Fsp3) is 0.824. The van der Waals surface area contributed by atoms with Gasteiger partial charge in [-0.1, -0.05) is 6.92 Å². The SMILES string of the molecule is CCCNC(Cc1ccn(C)n1)C1C2C3CCC(C3)C21. The topological polar surface area (TPSA) is 29.9 Å². The highest BCUT2D eigenvalue weighted by Gasteiger charge is 2.66. The molecule has 1 heterocycles. The summed E-state index contributed by atoms with van der Waals surface area (Å²) in [5.41, 5.74) is 1.26. The number of nitrogens with one attached hydrogen (secondary N) is 1. The van der Waals surface area contributed by atoms with E-state index < -0.39 is 0 Å². The molecule has 4 rings (SSSR count). The number of hydrogen-bond donors (Lipinski definition) is 1. The van der Waals surface area contributed by atoms with E-state index in [0.717, 1.165) is 42.6 Å². The fourth-order valence-corrected chi connectivity index (χ4v) is 5.40. The molecule has 0 aliphatic heterocycles. The van der Waals surface area contributed by atoms with E-state index in [2.05, 4.69) is 29.6 Å². The molecule has 3 aliphatic carbocycles. The minimum Gasteiger partial charge on any atom is -0.313 e. The van der Waals surface area contributed by atoms with Crippen LogP contribution in [0.15, 0.2) is 12.3 Å². The quantitative estimate of drug-likeness (QED) is 0.863. The van der Waals surface area contributed by atoms with Crippen molar-refractivity contribution in [3.8, 4) is 0 Å². The smallest absolute Gasteiger partial charge is 0.0640 e. The van der Waals surface area contributed by atoms with Crippen molar-refractivity contribution in [2.75, 3.05) is 6.54 Å². The fourth-order valence-electron chi connectivity index (χ4n) is 5.40. The maximum atomic E-state index is 4.59. The van der Waals surface area contributed by atoms with E-state index in [-0.39, 0.29) is 0 Å². The van der Waals surface area contributed by atoms with Crippen molar-refractivity contribution in [1.82, 2.24) is 15.1 Å². The summed E-state index contributed by atoms with van der Waals surface area (Å²) < 4.78 is 1.93. The maximum absolute atomic E-state index is 4.59. The third-order valence-electron chi connectivity index (χ3n) is 6.11. The normalized spacial score (nSPS) is 39.0. The van der Waals surface area contributed by atoms with Gasteiger partial charge in [0.25, 0.3) is 0 Å². The van der Waals surface area contributed by atoms with Crippen LogP contribution in [-0.4, -0.2) is 22.4 Å². The average Bonchev–Trinajstić information content (AvgIpc) is 2.80. The average molecular weight is 273 g/mol. The zero-order valence-electron chi connectivity index (χ0n) is 12.8. The van der Waals surface area contributed by atoms with Crippen LogP contribution in [0.2, 0.25) is 0 Å². The van der Waals surface area contributed by atoms with Gasteiger partial charge in [-0.3, -0.25) is 4.68 Å². The molecular weight excluding hydrogens is 246 g/mol. The molecule has 1 aromatic heterocycles. The van der Waals surface area contributed by atoms with Crippen LogP contribution in [-0.2, 0) is 13.5 Å². The third-order valence-corrected chi connectivity index (χ3v) is 6.11. The number of aryl methyl sites for hydroxylation is 1. The minimum atomic E-state index is 0.670. The molecule has 1 N–H and O–H groups in total. The van der Waals surface area contributed by atoms with E-state index >= 15 is 0 Å². The van der Waals surface area contributed by atoms with Crippen LogP contribution in [0.5, 0.6) is 0 Å². The lowest BCUT2D eigenvalue weighted by Gasteiger charge is -2.21. The van der Waals surface area contributed by atoms with Crippen molar-refractivity contribution in [3.05, 3.63) is 18.0 Å². The highest BCUT2D eigenvalue weighted by molar-refractivity contribution is 5.17. The van der Waals surface area contributed by atoms with Crippen LogP contribution in [0.4, 0.5) is 0 Å². The number of hydrogen-bond acceptors (Lipinski definition) is 2. The van der Waals surface area contributed by atoms with E-state index in [4.69, 9.17) is 0 Å². The predicted octanol–water partition coefficient (Wildman–Crippen LogP) is 2.62. The summed E-state index contributed by atoms with van der Waals surface area (Å²) in [7, 11) is 2.02. The number of aromatic nitrogens is 2. The molecular formula is C17H27N3. The maximum Gasteiger partial charge on any atom is 0.0640 e. The second kappa shape index (κ2) is 4.87. The molecule has 110 valence electrons. The molecule has 0 spiro atoms. The molecule has 3 saturated carbocycles. The Balaban J connectivity index is 1.46. The lowest BCUT2D eigenvalue weighted by atomic mass is 9.94. The first kappa shape index (κ1) is 12.9. The largest absolute Gasteiger partial charge is 0.313 e. The molecule has 0 aromatic carbocycles. The van der Waals surface area contributed by atoms with Gasteiger partial charge in [0.05, 0.1) is 5.69 Å². The van der Waals surface area contributed by atoms with E-state index in [1.165, 1.54) is 25.0 Å².